The Labute approximate surface area is 108 Å². The van der Waals surface area contributed by atoms with Gasteiger partial charge in [-0.05, 0) is 24.9 Å². The number of amides is 1. The summed E-state index contributed by atoms with van der Waals surface area (Å²) in [5.74, 6) is 0.289. The molecule has 0 fully saturated rings. The van der Waals surface area contributed by atoms with E-state index in [9.17, 15) is 4.79 Å². The van der Waals surface area contributed by atoms with Crippen LogP contribution in [0.2, 0.25) is 0 Å². The summed E-state index contributed by atoms with van der Waals surface area (Å²) < 4.78 is 0. The average Bonchev–Trinajstić information content (AvgIpc) is 2.84. The van der Waals surface area contributed by atoms with Gasteiger partial charge in [0.1, 0.15) is 0 Å². The van der Waals surface area contributed by atoms with Gasteiger partial charge in [0.2, 0.25) is 5.91 Å². The number of rotatable bonds is 7. The Morgan fingerprint density at radius 1 is 1.53 bits per heavy atom. The molecule has 96 valence electrons. The van der Waals surface area contributed by atoms with E-state index in [1.54, 1.807) is 11.3 Å². The lowest BCUT2D eigenvalue weighted by molar-refractivity contribution is -0.135. The number of thiophene rings is 1. The smallest absolute Gasteiger partial charge is 0.227 e. The first-order chi connectivity index (χ1) is 8.19. The first-order valence-electron chi connectivity index (χ1n) is 6.20. The molecular weight excluding hydrogens is 232 g/mol. The summed E-state index contributed by atoms with van der Waals surface area (Å²) in [6.45, 7) is 9.26. The second-order valence-corrected chi connectivity index (χ2v) is 5.17. The lowest BCUT2D eigenvalue weighted by Crippen LogP contribution is -2.38. The van der Waals surface area contributed by atoms with Gasteiger partial charge in [0.15, 0.2) is 0 Å². The first kappa shape index (κ1) is 14.2. The van der Waals surface area contributed by atoms with E-state index in [1.165, 1.54) is 4.88 Å². The highest BCUT2D eigenvalue weighted by Crippen LogP contribution is 2.13. The number of hydrogen-bond donors (Lipinski definition) is 1. The molecule has 4 heteroatoms. The van der Waals surface area contributed by atoms with Crippen LogP contribution in [0.4, 0.5) is 0 Å². The quantitative estimate of drug-likeness (QED) is 0.810. The number of hydrogen-bond acceptors (Lipinski definition) is 3. The second-order valence-electron chi connectivity index (χ2n) is 4.14. The number of carbonyl (C=O) groups excluding carboxylic acids is 1. The maximum atomic E-state index is 12.2. The van der Waals surface area contributed by atoms with Crippen LogP contribution in [-0.2, 0) is 11.3 Å². The molecule has 0 aliphatic heterocycles. The van der Waals surface area contributed by atoms with Crippen molar-refractivity contribution in [1.29, 1.82) is 0 Å². The molecule has 1 aromatic rings. The molecule has 0 saturated carbocycles. The van der Waals surface area contributed by atoms with Gasteiger partial charge in [0.25, 0.3) is 0 Å². The lowest BCUT2D eigenvalue weighted by atomic mass is 10.1. The fraction of sp³-hybridized carbons (Fsp3) is 0.615. The number of nitrogens with zero attached hydrogens (tertiary/aromatic N) is 1. The van der Waals surface area contributed by atoms with Crippen LogP contribution in [0.1, 0.15) is 25.6 Å². The molecule has 1 rings (SSSR count). The lowest BCUT2D eigenvalue weighted by Gasteiger charge is -2.24. The van der Waals surface area contributed by atoms with Crippen molar-refractivity contribution in [1.82, 2.24) is 10.2 Å². The van der Waals surface area contributed by atoms with Gasteiger partial charge in [-0.3, -0.25) is 4.79 Å². The SMILES string of the molecule is CCNCC(C)C(=O)N(CC)Cc1cccs1. The topological polar surface area (TPSA) is 32.3 Å². The van der Waals surface area contributed by atoms with E-state index < -0.39 is 0 Å². The minimum Gasteiger partial charge on any atom is -0.338 e. The first-order valence-corrected chi connectivity index (χ1v) is 7.08. The van der Waals surface area contributed by atoms with Gasteiger partial charge in [0.05, 0.1) is 6.54 Å². The third-order valence-corrected chi connectivity index (χ3v) is 3.60. The zero-order valence-electron chi connectivity index (χ0n) is 10.9. The van der Waals surface area contributed by atoms with Crippen LogP contribution in [0.3, 0.4) is 0 Å². The second kappa shape index (κ2) is 7.45. The Hall–Kier alpha value is -0.870. The summed E-state index contributed by atoms with van der Waals surface area (Å²) in [6, 6.07) is 4.11. The van der Waals surface area contributed by atoms with Crippen LogP contribution in [-0.4, -0.2) is 30.4 Å². The molecule has 0 aliphatic rings. The third kappa shape index (κ3) is 4.48. The molecule has 0 radical (unpaired) electrons. The Kier molecular flexibility index (Phi) is 6.22. The summed E-state index contributed by atoms with van der Waals surface area (Å²) in [6.07, 6.45) is 0. The van der Waals surface area contributed by atoms with Gasteiger partial charge in [-0.25, -0.2) is 0 Å². The maximum absolute atomic E-state index is 12.2. The van der Waals surface area contributed by atoms with E-state index >= 15 is 0 Å². The molecule has 1 unspecified atom stereocenters. The Bertz CT molecular complexity index is 324. The fourth-order valence-corrected chi connectivity index (χ4v) is 2.42. The van der Waals surface area contributed by atoms with Crippen molar-refractivity contribution in [3.05, 3.63) is 22.4 Å². The van der Waals surface area contributed by atoms with E-state index in [-0.39, 0.29) is 11.8 Å². The molecule has 0 aliphatic carbocycles. The molecular formula is C13H22N2OS. The minimum atomic E-state index is 0.0508. The zero-order chi connectivity index (χ0) is 12.7. The predicted octanol–water partition coefficient (Wildman–Crippen LogP) is 2.34. The Morgan fingerprint density at radius 2 is 2.29 bits per heavy atom. The van der Waals surface area contributed by atoms with Gasteiger partial charge in [-0.15, -0.1) is 11.3 Å². The molecule has 17 heavy (non-hydrogen) atoms. The van der Waals surface area contributed by atoms with Gasteiger partial charge in [-0.2, -0.15) is 0 Å². The molecule has 1 atom stereocenters. The Balaban J connectivity index is 2.51. The van der Waals surface area contributed by atoms with Crippen LogP contribution in [0, 0.1) is 5.92 Å². The molecule has 0 aromatic carbocycles. The van der Waals surface area contributed by atoms with Gasteiger partial charge in [-0.1, -0.05) is 19.9 Å². The van der Waals surface area contributed by atoms with Gasteiger partial charge < -0.3 is 10.2 Å². The molecule has 1 aromatic heterocycles. The third-order valence-electron chi connectivity index (χ3n) is 2.74. The van der Waals surface area contributed by atoms with Crippen molar-refractivity contribution in [3.8, 4) is 0 Å². The summed E-state index contributed by atoms with van der Waals surface area (Å²) in [4.78, 5) is 15.4. The summed E-state index contributed by atoms with van der Waals surface area (Å²) in [7, 11) is 0. The highest BCUT2D eigenvalue weighted by Gasteiger charge is 2.19. The van der Waals surface area contributed by atoms with Crippen LogP contribution in [0.25, 0.3) is 0 Å². The Morgan fingerprint density at radius 3 is 2.82 bits per heavy atom. The average molecular weight is 254 g/mol. The van der Waals surface area contributed by atoms with E-state index in [4.69, 9.17) is 0 Å². The molecule has 0 saturated heterocycles. The number of nitrogens with one attached hydrogen (secondary N) is 1. The van der Waals surface area contributed by atoms with Crippen LogP contribution < -0.4 is 5.32 Å². The highest BCUT2D eigenvalue weighted by molar-refractivity contribution is 7.09. The summed E-state index contributed by atoms with van der Waals surface area (Å²) >= 11 is 1.70. The zero-order valence-corrected chi connectivity index (χ0v) is 11.7. The highest BCUT2D eigenvalue weighted by atomic mass is 32.1. The largest absolute Gasteiger partial charge is 0.338 e. The predicted molar refractivity (Wildman–Crippen MR) is 73.1 cm³/mol. The van der Waals surface area contributed by atoms with Gasteiger partial charge in [0, 0.05) is 23.9 Å². The van der Waals surface area contributed by atoms with Crippen molar-refractivity contribution in [2.24, 2.45) is 5.92 Å². The molecule has 0 bridgehead atoms. The molecule has 3 nitrogen and oxygen atoms in total. The molecule has 1 N–H and O–H groups in total. The number of carbonyl (C=O) groups is 1. The van der Waals surface area contributed by atoms with Crippen molar-refractivity contribution >= 4 is 17.2 Å². The van der Waals surface area contributed by atoms with E-state index in [0.717, 1.165) is 26.2 Å². The van der Waals surface area contributed by atoms with Crippen molar-refractivity contribution < 1.29 is 4.79 Å². The molecule has 0 spiro atoms. The van der Waals surface area contributed by atoms with E-state index in [2.05, 4.69) is 23.7 Å². The normalized spacial score (nSPS) is 12.4. The maximum Gasteiger partial charge on any atom is 0.227 e. The van der Waals surface area contributed by atoms with Crippen LogP contribution >= 0.6 is 11.3 Å². The standard InChI is InChI=1S/C13H22N2OS/c1-4-14-9-11(3)13(16)15(5-2)10-12-7-6-8-17-12/h6-8,11,14H,4-5,9-10H2,1-3H3. The van der Waals surface area contributed by atoms with Crippen molar-refractivity contribution in [2.45, 2.75) is 27.3 Å². The van der Waals surface area contributed by atoms with E-state index in [1.807, 2.05) is 24.8 Å². The minimum absolute atomic E-state index is 0.0508. The monoisotopic (exact) mass is 254 g/mol. The summed E-state index contributed by atoms with van der Waals surface area (Å²) in [5.41, 5.74) is 0. The van der Waals surface area contributed by atoms with Crippen molar-refractivity contribution in [2.75, 3.05) is 19.6 Å². The van der Waals surface area contributed by atoms with Crippen molar-refractivity contribution in [3.63, 3.8) is 0 Å². The van der Waals surface area contributed by atoms with Crippen LogP contribution in [0.15, 0.2) is 17.5 Å². The fourth-order valence-electron chi connectivity index (χ4n) is 1.70. The molecule has 1 heterocycles. The van der Waals surface area contributed by atoms with Crippen LogP contribution in [0.5, 0.6) is 0 Å². The van der Waals surface area contributed by atoms with E-state index in [0.29, 0.717) is 0 Å². The molecule has 1 amide bonds. The summed E-state index contributed by atoms with van der Waals surface area (Å²) in [5, 5.41) is 5.27. The van der Waals surface area contributed by atoms with Gasteiger partial charge >= 0.3 is 0 Å².